The first-order valence-corrected chi connectivity index (χ1v) is 7.30. The molecule has 2 aromatic heterocycles. The van der Waals surface area contributed by atoms with Crippen LogP contribution in [0.25, 0.3) is 16.7 Å². The highest BCUT2D eigenvalue weighted by atomic mass is 19.1. The molecule has 0 saturated heterocycles. The fraction of sp³-hybridized carbons (Fsp3) is 0.235. The Morgan fingerprint density at radius 1 is 0.957 bits per heavy atom. The van der Waals surface area contributed by atoms with Gasteiger partial charge in [0.15, 0.2) is 5.65 Å². The van der Waals surface area contributed by atoms with Crippen molar-refractivity contribution in [1.82, 2.24) is 14.5 Å². The van der Waals surface area contributed by atoms with Crippen molar-refractivity contribution in [3.05, 3.63) is 63.8 Å². The topological polar surface area (TPSA) is 47.8 Å². The number of hydrogen-bond donors (Lipinski definition) is 0. The lowest BCUT2D eigenvalue weighted by molar-refractivity contribution is 0.568. The predicted molar refractivity (Wildman–Crippen MR) is 85.9 cm³/mol. The summed E-state index contributed by atoms with van der Waals surface area (Å²) in [6, 6.07) is 6.26. The van der Waals surface area contributed by atoms with E-state index in [0.717, 1.165) is 16.7 Å². The van der Waals surface area contributed by atoms with Gasteiger partial charge in [0.25, 0.3) is 5.56 Å². The Morgan fingerprint density at radius 2 is 1.57 bits per heavy atom. The van der Waals surface area contributed by atoms with Gasteiger partial charge in [-0.15, -0.1) is 0 Å². The van der Waals surface area contributed by atoms with Gasteiger partial charge >= 0.3 is 0 Å². The average molecular weight is 317 g/mol. The lowest BCUT2D eigenvalue weighted by Crippen LogP contribution is -2.21. The maximum Gasteiger partial charge on any atom is 0.256 e. The molecular weight excluding hydrogens is 300 g/mol. The number of hydrogen-bond acceptors (Lipinski definition) is 3. The number of pyridine rings is 1. The molecule has 0 unspecified atom stereocenters. The zero-order valence-electron chi connectivity index (χ0n) is 13.4. The molecule has 0 atom stereocenters. The van der Waals surface area contributed by atoms with Gasteiger partial charge in [-0.25, -0.2) is 18.7 Å². The highest BCUT2D eigenvalue weighted by Gasteiger charge is 2.16. The van der Waals surface area contributed by atoms with Gasteiger partial charge in [0.05, 0.1) is 5.69 Å². The zero-order chi connectivity index (χ0) is 17.1. The van der Waals surface area contributed by atoms with Gasteiger partial charge in [-0.3, -0.25) is 9.36 Å². The summed E-state index contributed by atoms with van der Waals surface area (Å²) in [7, 11) is 0. The van der Waals surface area contributed by atoms with Crippen molar-refractivity contribution >= 4 is 11.0 Å². The van der Waals surface area contributed by atoms with Crippen LogP contribution < -0.4 is 5.56 Å². The molecule has 0 saturated carbocycles. The number of aryl methyl sites for hydroxylation is 2. The van der Waals surface area contributed by atoms with E-state index >= 15 is 0 Å². The van der Waals surface area contributed by atoms with Crippen molar-refractivity contribution in [2.75, 3.05) is 0 Å². The molecule has 0 fully saturated rings. The van der Waals surface area contributed by atoms with Crippen LogP contribution in [0.4, 0.5) is 8.78 Å². The van der Waals surface area contributed by atoms with Crippen molar-refractivity contribution in [2.24, 2.45) is 0 Å². The van der Waals surface area contributed by atoms with Crippen LogP contribution in [0, 0.1) is 25.5 Å². The molecule has 0 bridgehead atoms. The van der Waals surface area contributed by atoms with Crippen LogP contribution in [0.2, 0.25) is 0 Å². The highest BCUT2D eigenvalue weighted by molar-refractivity contribution is 5.79. The first-order valence-electron chi connectivity index (χ1n) is 7.30. The Kier molecular flexibility index (Phi) is 4.83. The second kappa shape index (κ2) is 6.64. The number of benzene rings is 1. The maximum absolute atomic E-state index is 14.0. The Morgan fingerprint density at radius 3 is 2.17 bits per heavy atom. The molecule has 3 rings (SSSR count). The summed E-state index contributed by atoms with van der Waals surface area (Å²) in [6.45, 7) is 7.41. The molecule has 0 amide bonds. The van der Waals surface area contributed by atoms with E-state index in [4.69, 9.17) is 0 Å². The molecule has 0 N–H and O–H groups in total. The first-order chi connectivity index (χ1) is 11.0. The van der Waals surface area contributed by atoms with Crippen LogP contribution in [0.5, 0.6) is 0 Å². The van der Waals surface area contributed by atoms with Crippen molar-refractivity contribution in [3.8, 4) is 5.69 Å². The standard InChI is InChI=1S/C15H11F2N3O.C2H6/c1-8-10-6-7-13(21)20(15(10)19-9(2)18-8)14-11(16)4-3-5-12(14)17;1-2/h3-7H,1-2H3;1-2H3. The molecular formula is C17H17F2N3O. The molecule has 0 radical (unpaired) electrons. The van der Waals surface area contributed by atoms with E-state index < -0.39 is 22.9 Å². The number of fused-ring (bicyclic) bond motifs is 1. The molecule has 4 nitrogen and oxygen atoms in total. The molecule has 1 aromatic carbocycles. The SMILES string of the molecule is CC.Cc1nc(C)c2ccc(=O)n(-c3c(F)cccc3F)c2n1. The van der Waals surface area contributed by atoms with Crippen molar-refractivity contribution in [3.63, 3.8) is 0 Å². The average Bonchev–Trinajstić information content (AvgIpc) is 2.51. The minimum absolute atomic E-state index is 0.191. The van der Waals surface area contributed by atoms with Gasteiger partial charge in [-0.05, 0) is 32.0 Å². The van der Waals surface area contributed by atoms with Gasteiger partial charge in [-0.1, -0.05) is 19.9 Å². The third kappa shape index (κ3) is 2.97. The second-order valence-corrected chi connectivity index (χ2v) is 4.67. The smallest absolute Gasteiger partial charge is 0.256 e. The van der Waals surface area contributed by atoms with Gasteiger partial charge in [-0.2, -0.15) is 0 Å². The van der Waals surface area contributed by atoms with Crippen LogP contribution in [-0.4, -0.2) is 14.5 Å². The van der Waals surface area contributed by atoms with Crippen LogP contribution >= 0.6 is 0 Å². The summed E-state index contributed by atoms with van der Waals surface area (Å²) in [4.78, 5) is 20.5. The molecule has 0 spiro atoms. The highest BCUT2D eigenvalue weighted by Crippen LogP contribution is 2.21. The van der Waals surface area contributed by atoms with E-state index in [1.54, 1.807) is 19.9 Å². The summed E-state index contributed by atoms with van der Waals surface area (Å²) < 4.78 is 29.0. The minimum atomic E-state index is -0.821. The minimum Gasteiger partial charge on any atom is -0.269 e. The lowest BCUT2D eigenvalue weighted by Gasteiger charge is -2.12. The molecule has 120 valence electrons. The molecule has 2 heterocycles. The van der Waals surface area contributed by atoms with Crippen molar-refractivity contribution in [1.29, 1.82) is 0 Å². The summed E-state index contributed by atoms with van der Waals surface area (Å²) in [5, 5.41) is 0.572. The Balaban J connectivity index is 0.000000924. The normalized spacial score (nSPS) is 10.3. The molecule has 0 aliphatic rings. The first kappa shape index (κ1) is 16.7. The number of nitrogens with zero attached hydrogens (tertiary/aromatic N) is 3. The summed E-state index contributed by atoms with van der Waals surface area (Å²) in [5.41, 5.74) is -0.144. The summed E-state index contributed by atoms with van der Waals surface area (Å²) in [5.74, 6) is -1.21. The van der Waals surface area contributed by atoms with E-state index in [-0.39, 0.29) is 5.65 Å². The van der Waals surface area contributed by atoms with Crippen LogP contribution in [0.1, 0.15) is 25.4 Å². The Labute approximate surface area is 132 Å². The van der Waals surface area contributed by atoms with E-state index in [1.807, 2.05) is 13.8 Å². The number of para-hydroxylation sites is 1. The van der Waals surface area contributed by atoms with E-state index in [0.29, 0.717) is 16.9 Å². The van der Waals surface area contributed by atoms with Gasteiger partial charge in [0.1, 0.15) is 23.1 Å². The van der Waals surface area contributed by atoms with E-state index in [1.165, 1.54) is 12.1 Å². The second-order valence-electron chi connectivity index (χ2n) is 4.67. The molecule has 23 heavy (non-hydrogen) atoms. The fourth-order valence-electron chi connectivity index (χ4n) is 2.32. The quantitative estimate of drug-likeness (QED) is 0.687. The van der Waals surface area contributed by atoms with E-state index in [9.17, 15) is 13.6 Å². The summed E-state index contributed by atoms with van der Waals surface area (Å²) in [6.07, 6.45) is 0. The Hall–Kier alpha value is -2.63. The molecule has 3 aromatic rings. The number of aromatic nitrogens is 3. The third-order valence-corrected chi connectivity index (χ3v) is 3.21. The maximum atomic E-state index is 14.0. The number of halogens is 2. The third-order valence-electron chi connectivity index (χ3n) is 3.21. The fourth-order valence-corrected chi connectivity index (χ4v) is 2.32. The monoisotopic (exact) mass is 317 g/mol. The van der Waals surface area contributed by atoms with Gasteiger partial charge in [0.2, 0.25) is 0 Å². The van der Waals surface area contributed by atoms with Gasteiger partial charge < -0.3 is 0 Å². The van der Waals surface area contributed by atoms with Crippen LogP contribution in [0.3, 0.4) is 0 Å². The Bertz CT molecular complexity index is 899. The summed E-state index contributed by atoms with van der Waals surface area (Å²) >= 11 is 0. The van der Waals surface area contributed by atoms with Crippen molar-refractivity contribution < 1.29 is 8.78 Å². The van der Waals surface area contributed by atoms with Crippen LogP contribution in [0.15, 0.2) is 35.1 Å². The predicted octanol–water partition coefficient (Wildman–Crippen LogP) is 3.70. The largest absolute Gasteiger partial charge is 0.269 e. The van der Waals surface area contributed by atoms with Gasteiger partial charge in [0, 0.05) is 11.5 Å². The van der Waals surface area contributed by atoms with E-state index in [2.05, 4.69) is 9.97 Å². The lowest BCUT2D eigenvalue weighted by atomic mass is 10.2. The number of rotatable bonds is 1. The zero-order valence-corrected chi connectivity index (χ0v) is 13.4. The molecule has 0 aliphatic heterocycles. The molecule has 6 heteroatoms. The molecule has 0 aliphatic carbocycles. The van der Waals surface area contributed by atoms with Crippen LogP contribution in [-0.2, 0) is 0 Å². The van der Waals surface area contributed by atoms with Crippen molar-refractivity contribution in [2.45, 2.75) is 27.7 Å².